The highest BCUT2D eigenvalue weighted by atomic mass is 32.2. The van der Waals surface area contributed by atoms with Crippen LogP contribution in [-0.2, 0) is 9.53 Å². The number of benzene rings is 2. The number of aromatic nitrogens is 3. The Morgan fingerprint density at radius 1 is 1.18 bits per heavy atom. The Hall–Kier alpha value is -3.28. The predicted octanol–water partition coefficient (Wildman–Crippen LogP) is 4.41. The molecule has 2 aromatic heterocycles. The summed E-state index contributed by atoms with van der Waals surface area (Å²) < 4.78 is 7.64. The van der Waals surface area contributed by atoms with E-state index in [0.29, 0.717) is 37.3 Å². The molecule has 2 heterocycles. The summed E-state index contributed by atoms with van der Waals surface area (Å²) >= 11 is 7.75. The summed E-state index contributed by atoms with van der Waals surface area (Å²) in [6, 6.07) is 15.8. The van der Waals surface area contributed by atoms with Crippen LogP contribution in [0, 0.1) is 3.95 Å². The van der Waals surface area contributed by atoms with Crippen molar-refractivity contribution in [2.45, 2.75) is 12.1 Å². The fraction of sp³-hybridized carbons (Fsp3) is 0.136. The third kappa shape index (κ3) is 5.21. The Bertz CT molecular complexity index is 1430. The smallest absolute Gasteiger partial charge is 0.338 e. The number of ether oxygens (including phenoxy) is 1. The van der Waals surface area contributed by atoms with E-state index in [4.69, 9.17) is 17.0 Å². The van der Waals surface area contributed by atoms with E-state index in [1.54, 1.807) is 35.8 Å². The average Bonchev–Trinajstić information content (AvgIpc) is 3.15. The van der Waals surface area contributed by atoms with Crippen molar-refractivity contribution < 1.29 is 14.3 Å². The summed E-state index contributed by atoms with van der Waals surface area (Å²) in [5.74, 6) is -0.666. The Morgan fingerprint density at radius 3 is 2.61 bits per heavy atom. The highest BCUT2D eigenvalue weighted by Crippen LogP contribution is 2.24. The van der Waals surface area contributed by atoms with Crippen molar-refractivity contribution in [2.24, 2.45) is 0 Å². The first-order valence-corrected chi connectivity index (χ1v) is 12.1. The van der Waals surface area contributed by atoms with Crippen molar-refractivity contribution in [1.29, 1.82) is 0 Å². The number of amides is 1. The van der Waals surface area contributed by atoms with Gasteiger partial charge in [-0.3, -0.25) is 14.2 Å². The number of hydrogen-bond donors (Lipinski definition) is 2. The number of para-hydroxylation sites is 1. The molecule has 0 atom stereocenters. The van der Waals surface area contributed by atoms with Crippen LogP contribution in [0.3, 0.4) is 0 Å². The van der Waals surface area contributed by atoms with Crippen molar-refractivity contribution in [2.75, 3.05) is 17.7 Å². The number of H-pyrrole nitrogens is 1. The Labute approximate surface area is 201 Å². The zero-order valence-electron chi connectivity index (χ0n) is 17.4. The summed E-state index contributed by atoms with van der Waals surface area (Å²) in [6.07, 6.45) is 0. The lowest BCUT2D eigenvalue weighted by Crippen LogP contribution is -2.15. The molecule has 0 saturated carbocycles. The highest BCUT2D eigenvalue weighted by molar-refractivity contribution is 7.99. The van der Waals surface area contributed by atoms with Crippen molar-refractivity contribution in [1.82, 2.24) is 14.5 Å². The van der Waals surface area contributed by atoms with Gasteiger partial charge in [-0.25, -0.2) is 9.78 Å². The number of thiazole rings is 1. The lowest BCUT2D eigenvalue weighted by atomic mass is 10.2. The third-order valence-electron chi connectivity index (χ3n) is 4.46. The maximum atomic E-state index is 12.6. The van der Waals surface area contributed by atoms with Crippen LogP contribution >= 0.6 is 35.3 Å². The first-order chi connectivity index (χ1) is 16.0. The number of nitrogens with one attached hydrogen (secondary N) is 2. The second-order valence-corrected chi connectivity index (χ2v) is 9.31. The van der Waals surface area contributed by atoms with Crippen molar-refractivity contribution >= 4 is 63.2 Å². The number of nitrogens with zero attached hydrogens (tertiary/aromatic N) is 2. The molecular formula is C22H18N4O4S3. The van der Waals surface area contributed by atoms with Gasteiger partial charge in [-0.2, -0.15) is 0 Å². The van der Waals surface area contributed by atoms with E-state index in [1.165, 1.54) is 11.3 Å². The first kappa shape index (κ1) is 22.9. The average molecular weight is 499 g/mol. The van der Waals surface area contributed by atoms with Gasteiger partial charge < -0.3 is 15.0 Å². The number of esters is 1. The zero-order valence-corrected chi connectivity index (χ0v) is 19.8. The lowest BCUT2D eigenvalue weighted by Gasteiger charge is -2.07. The van der Waals surface area contributed by atoms with Gasteiger partial charge in [-0.15, -0.1) is 0 Å². The number of anilines is 1. The van der Waals surface area contributed by atoms with Gasteiger partial charge in [0.1, 0.15) is 4.70 Å². The van der Waals surface area contributed by atoms with Crippen LogP contribution < -0.4 is 10.9 Å². The van der Waals surface area contributed by atoms with Gasteiger partial charge >= 0.3 is 5.97 Å². The van der Waals surface area contributed by atoms with Crippen molar-refractivity contribution in [3.8, 4) is 5.69 Å². The molecule has 0 unspecified atom stereocenters. The maximum Gasteiger partial charge on any atom is 0.338 e. The van der Waals surface area contributed by atoms with Crippen LogP contribution in [0.4, 0.5) is 5.69 Å². The zero-order chi connectivity index (χ0) is 23.4. The van der Waals surface area contributed by atoms with Crippen LogP contribution in [0.5, 0.6) is 0 Å². The van der Waals surface area contributed by atoms with E-state index in [1.807, 2.05) is 30.3 Å². The monoisotopic (exact) mass is 498 g/mol. The Morgan fingerprint density at radius 2 is 1.91 bits per heavy atom. The maximum absolute atomic E-state index is 12.6. The molecule has 0 radical (unpaired) electrons. The predicted molar refractivity (Wildman–Crippen MR) is 132 cm³/mol. The van der Waals surface area contributed by atoms with Gasteiger partial charge in [0.2, 0.25) is 5.91 Å². The van der Waals surface area contributed by atoms with Gasteiger partial charge in [0.15, 0.2) is 14.8 Å². The molecule has 0 saturated heterocycles. The minimum absolute atomic E-state index is 0.0320. The quantitative estimate of drug-likeness (QED) is 0.168. The molecule has 0 aliphatic carbocycles. The fourth-order valence-corrected chi connectivity index (χ4v) is 4.93. The van der Waals surface area contributed by atoms with E-state index in [9.17, 15) is 14.4 Å². The number of rotatable bonds is 7. The van der Waals surface area contributed by atoms with E-state index >= 15 is 0 Å². The van der Waals surface area contributed by atoms with Gasteiger partial charge in [-0.1, -0.05) is 41.3 Å². The van der Waals surface area contributed by atoms with E-state index < -0.39 is 5.97 Å². The number of aromatic amines is 1. The third-order valence-corrected chi connectivity index (χ3v) is 6.69. The standard InChI is InChI=1S/C22H18N4O4S3/c1-2-30-20(29)13-8-10-14(11-9-13)23-16(27)12-32-21-24-18-17(19(28)25-21)33-22(31)26(18)15-6-4-3-5-7-15/h3-11H,2,12H2,1H3,(H,23,27)(H,24,25,28). The van der Waals surface area contributed by atoms with Crippen LogP contribution in [0.2, 0.25) is 0 Å². The molecule has 2 aromatic carbocycles. The summed E-state index contributed by atoms with van der Waals surface area (Å²) in [5.41, 5.74) is 1.91. The van der Waals surface area contributed by atoms with Gasteiger partial charge in [0.05, 0.1) is 17.9 Å². The molecule has 8 nitrogen and oxygen atoms in total. The molecule has 168 valence electrons. The van der Waals surface area contributed by atoms with Crippen molar-refractivity contribution in [3.05, 3.63) is 74.5 Å². The number of hydrogen-bond acceptors (Lipinski definition) is 8. The minimum Gasteiger partial charge on any atom is -0.462 e. The molecule has 1 amide bonds. The topological polar surface area (TPSA) is 106 Å². The SMILES string of the molecule is CCOC(=O)c1ccc(NC(=O)CSc2nc3c(sc(=S)n3-c3ccccc3)c(=O)[nH]2)cc1. The molecule has 4 rings (SSSR count). The fourth-order valence-electron chi connectivity index (χ4n) is 3.00. The lowest BCUT2D eigenvalue weighted by molar-refractivity contribution is -0.113. The van der Waals surface area contributed by atoms with Crippen LogP contribution in [0.15, 0.2) is 64.5 Å². The second-order valence-electron chi connectivity index (χ2n) is 6.70. The molecule has 0 aliphatic heterocycles. The van der Waals surface area contributed by atoms with E-state index in [2.05, 4.69) is 15.3 Å². The molecule has 0 spiro atoms. The number of carbonyl (C=O) groups is 2. The van der Waals surface area contributed by atoms with E-state index in [-0.39, 0.29) is 17.2 Å². The Kier molecular flexibility index (Phi) is 7.02. The van der Waals surface area contributed by atoms with Crippen LogP contribution in [0.1, 0.15) is 17.3 Å². The number of thioether (sulfide) groups is 1. The van der Waals surface area contributed by atoms with Crippen LogP contribution in [-0.4, -0.2) is 38.8 Å². The van der Waals surface area contributed by atoms with Gasteiger partial charge in [-0.05, 0) is 55.5 Å². The summed E-state index contributed by atoms with van der Waals surface area (Å²) in [7, 11) is 0. The molecular weight excluding hydrogens is 480 g/mol. The summed E-state index contributed by atoms with van der Waals surface area (Å²) in [4.78, 5) is 43.9. The molecule has 2 N–H and O–H groups in total. The number of fused-ring (bicyclic) bond motifs is 1. The van der Waals surface area contributed by atoms with Crippen molar-refractivity contribution in [3.63, 3.8) is 0 Å². The summed E-state index contributed by atoms with van der Waals surface area (Å²) in [6.45, 7) is 2.03. The molecule has 0 fully saturated rings. The van der Waals surface area contributed by atoms with Gasteiger partial charge in [0, 0.05) is 11.4 Å². The minimum atomic E-state index is -0.417. The normalized spacial score (nSPS) is 10.8. The Balaban J connectivity index is 1.48. The van der Waals surface area contributed by atoms with Gasteiger partial charge in [0.25, 0.3) is 5.56 Å². The van der Waals surface area contributed by atoms with E-state index in [0.717, 1.165) is 17.4 Å². The first-order valence-electron chi connectivity index (χ1n) is 9.87. The molecule has 4 aromatic rings. The second kappa shape index (κ2) is 10.1. The highest BCUT2D eigenvalue weighted by Gasteiger charge is 2.15. The molecule has 0 bridgehead atoms. The molecule has 0 aliphatic rings. The largest absolute Gasteiger partial charge is 0.462 e. The van der Waals surface area contributed by atoms with Crippen LogP contribution in [0.25, 0.3) is 16.0 Å². The molecule has 33 heavy (non-hydrogen) atoms. The summed E-state index contributed by atoms with van der Waals surface area (Å²) in [5, 5.41) is 3.07. The number of carbonyl (C=O) groups excluding carboxylic acids is 2. The molecule has 11 heteroatoms.